The Balaban J connectivity index is 1.61. The van der Waals surface area contributed by atoms with Crippen LogP contribution in [0.25, 0.3) is 0 Å². The number of nitrogens with zero attached hydrogens (tertiary/aromatic N) is 3. The molecule has 2 aromatic rings. The third-order valence-electron chi connectivity index (χ3n) is 3.89. The molecular formula is C17H22N4OS. The summed E-state index contributed by atoms with van der Waals surface area (Å²) in [7, 11) is 0. The van der Waals surface area contributed by atoms with Crippen molar-refractivity contribution in [3.05, 3.63) is 47.8 Å². The van der Waals surface area contributed by atoms with Crippen LogP contribution in [0.4, 0.5) is 11.6 Å². The number of nitrogens with one attached hydrogen (secondary N) is 1. The predicted octanol–water partition coefficient (Wildman–Crippen LogP) is 2.48. The molecule has 2 heterocycles. The first-order valence-electron chi connectivity index (χ1n) is 7.85. The van der Waals surface area contributed by atoms with Crippen molar-refractivity contribution in [1.82, 2.24) is 9.97 Å². The molecular weight excluding hydrogens is 308 g/mol. The maximum atomic E-state index is 10.3. The lowest BCUT2D eigenvalue weighted by Gasteiger charge is -2.27. The maximum Gasteiger partial charge on any atom is 0.134 e. The highest BCUT2D eigenvalue weighted by Crippen LogP contribution is 2.20. The van der Waals surface area contributed by atoms with Gasteiger partial charge in [-0.3, -0.25) is 0 Å². The monoisotopic (exact) mass is 330 g/mol. The van der Waals surface area contributed by atoms with Crippen molar-refractivity contribution in [3.63, 3.8) is 0 Å². The number of benzene rings is 1. The van der Waals surface area contributed by atoms with Gasteiger partial charge in [0, 0.05) is 37.2 Å². The third-order valence-corrected chi connectivity index (χ3v) is 4.83. The van der Waals surface area contributed by atoms with Gasteiger partial charge >= 0.3 is 0 Å². The summed E-state index contributed by atoms with van der Waals surface area (Å²) in [6, 6.07) is 9.89. The molecule has 1 unspecified atom stereocenters. The molecule has 2 N–H and O–H groups in total. The van der Waals surface area contributed by atoms with Gasteiger partial charge in [-0.1, -0.05) is 29.8 Å². The Morgan fingerprint density at radius 2 is 2.09 bits per heavy atom. The average molecular weight is 330 g/mol. The molecule has 1 aliphatic rings. The van der Waals surface area contributed by atoms with Crippen molar-refractivity contribution in [2.75, 3.05) is 41.4 Å². The van der Waals surface area contributed by atoms with Crippen molar-refractivity contribution >= 4 is 23.4 Å². The van der Waals surface area contributed by atoms with E-state index in [9.17, 15) is 5.11 Å². The average Bonchev–Trinajstić information content (AvgIpc) is 2.61. The van der Waals surface area contributed by atoms with Gasteiger partial charge in [0.05, 0.1) is 6.10 Å². The zero-order valence-corrected chi connectivity index (χ0v) is 14.1. The lowest BCUT2D eigenvalue weighted by Crippen LogP contribution is -2.33. The number of thioether (sulfide) groups is 1. The van der Waals surface area contributed by atoms with E-state index in [1.165, 1.54) is 0 Å². The third kappa shape index (κ3) is 4.36. The Hall–Kier alpha value is -1.79. The van der Waals surface area contributed by atoms with Gasteiger partial charge in [-0.25, -0.2) is 9.97 Å². The fourth-order valence-corrected chi connectivity index (χ4v) is 3.51. The number of aryl methyl sites for hydroxylation is 1. The van der Waals surface area contributed by atoms with Crippen molar-refractivity contribution in [3.8, 4) is 0 Å². The van der Waals surface area contributed by atoms with E-state index >= 15 is 0 Å². The van der Waals surface area contributed by atoms with Crippen molar-refractivity contribution in [2.24, 2.45) is 0 Å². The van der Waals surface area contributed by atoms with Gasteiger partial charge in [-0.15, -0.1) is 0 Å². The molecule has 23 heavy (non-hydrogen) atoms. The van der Waals surface area contributed by atoms with Crippen LogP contribution in [-0.2, 0) is 0 Å². The summed E-state index contributed by atoms with van der Waals surface area (Å²) >= 11 is 1.98. The van der Waals surface area contributed by atoms with E-state index in [4.69, 9.17) is 0 Å². The highest BCUT2D eigenvalue weighted by Gasteiger charge is 2.13. The highest BCUT2D eigenvalue weighted by molar-refractivity contribution is 7.99. The van der Waals surface area contributed by atoms with E-state index in [-0.39, 0.29) is 0 Å². The molecule has 1 saturated heterocycles. The van der Waals surface area contributed by atoms with Crippen LogP contribution in [0.3, 0.4) is 0 Å². The number of hydrogen-bond acceptors (Lipinski definition) is 6. The molecule has 0 amide bonds. The van der Waals surface area contributed by atoms with E-state index in [1.807, 2.05) is 49.0 Å². The predicted molar refractivity (Wildman–Crippen MR) is 96.2 cm³/mol. The van der Waals surface area contributed by atoms with Gasteiger partial charge in [0.2, 0.25) is 0 Å². The molecule has 1 aromatic heterocycles. The van der Waals surface area contributed by atoms with Crippen molar-refractivity contribution in [2.45, 2.75) is 13.0 Å². The second-order valence-electron chi connectivity index (χ2n) is 5.67. The van der Waals surface area contributed by atoms with E-state index in [0.717, 1.165) is 47.4 Å². The minimum Gasteiger partial charge on any atom is -0.387 e. The van der Waals surface area contributed by atoms with Gasteiger partial charge < -0.3 is 15.3 Å². The van der Waals surface area contributed by atoms with Gasteiger partial charge in [0.15, 0.2) is 0 Å². The van der Waals surface area contributed by atoms with Gasteiger partial charge in [-0.05, 0) is 12.5 Å². The quantitative estimate of drug-likeness (QED) is 0.878. The molecule has 122 valence electrons. The van der Waals surface area contributed by atoms with E-state index in [0.29, 0.717) is 6.54 Å². The topological polar surface area (TPSA) is 61.3 Å². The van der Waals surface area contributed by atoms with Crippen molar-refractivity contribution < 1.29 is 5.11 Å². The maximum absolute atomic E-state index is 10.3. The zero-order valence-electron chi connectivity index (χ0n) is 13.3. The summed E-state index contributed by atoms with van der Waals surface area (Å²) < 4.78 is 0. The summed E-state index contributed by atoms with van der Waals surface area (Å²) in [5.41, 5.74) is 2.06. The summed E-state index contributed by atoms with van der Waals surface area (Å²) in [6.45, 7) is 4.49. The molecule has 5 nitrogen and oxygen atoms in total. The first-order valence-corrected chi connectivity index (χ1v) is 9.01. The van der Waals surface area contributed by atoms with Crippen LogP contribution >= 0.6 is 11.8 Å². The largest absolute Gasteiger partial charge is 0.387 e. The molecule has 0 spiro atoms. The van der Waals surface area contributed by atoms with E-state index in [1.54, 1.807) is 6.33 Å². The highest BCUT2D eigenvalue weighted by atomic mass is 32.2. The van der Waals surface area contributed by atoms with E-state index in [2.05, 4.69) is 20.2 Å². The minimum absolute atomic E-state index is 0.426. The Morgan fingerprint density at radius 3 is 2.87 bits per heavy atom. The van der Waals surface area contributed by atoms with Crippen molar-refractivity contribution in [1.29, 1.82) is 0 Å². The first kappa shape index (κ1) is 16.1. The molecule has 1 aliphatic heterocycles. The Labute approximate surface area is 141 Å². The minimum atomic E-state index is -0.556. The molecule has 0 bridgehead atoms. The van der Waals surface area contributed by atoms with Crippen LogP contribution in [0.5, 0.6) is 0 Å². The molecule has 0 saturated carbocycles. The standard InChI is InChI=1S/C17H22N4OS/c1-13-3-2-4-14(9-13)15(22)11-18-16-10-17(20-12-19-16)21-5-7-23-8-6-21/h2-4,9-10,12,15,22H,5-8,11H2,1H3,(H,18,19,20). The molecule has 6 heteroatoms. The Kier molecular flexibility index (Phi) is 5.35. The van der Waals surface area contributed by atoms with Crippen LogP contribution in [-0.4, -0.2) is 46.2 Å². The number of aromatic nitrogens is 2. The van der Waals surface area contributed by atoms with Crippen LogP contribution < -0.4 is 10.2 Å². The van der Waals surface area contributed by atoms with Gasteiger partial charge in [-0.2, -0.15) is 11.8 Å². The normalized spacial score (nSPS) is 16.2. The molecule has 1 atom stereocenters. The Bertz CT molecular complexity index is 646. The summed E-state index contributed by atoms with van der Waals surface area (Å²) in [5, 5.41) is 13.5. The lowest BCUT2D eigenvalue weighted by molar-refractivity contribution is 0.191. The zero-order chi connectivity index (χ0) is 16.1. The first-order chi connectivity index (χ1) is 11.2. The molecule has 0 aliphatic carbocycles. The number of rotatable bonds is 5. The van der Waals surface area contributed by atoms with Crippen LogP contribution in [0, 0.1) is 6.92 Å². The lowest BCUT2D eigenvalue weighted by atomic mass is 10.1. The number of anilines is 2. The van der Waals surface area contributed by atoms with Gasteiger partial charge in [0.1, 0.15) is 18.0 Å². The second kappa shape index (κ2) is 7.66. The molecule has 1 aromatic carbocycles. The Morgan fingerprint density at radius 1 is 1.26 bits per heavy atom. The van der Waals surface area contributed by atoms with Crippen LogP contribution in [0.1, 0.15) is 17.2 Å². The number of hydrogen-bond donors (Lipinski definition) is 2. The number of aliphatic hydroxyl groups is 1. The molecule has 3 rings (SSSR count). The van der Waals surface area contributed by atoms with Gasteiger partial charge in [0.25, 0.3) is 0 Å². The van der Waals surface area contributed by atoms with E-state index < -0.39 is 6.10 Å². The van der Waals surface area contributed by atoms with Crippen LogP contribution in [0.2, 0.25) is 0 Å². The fraction of sp³-hybridized carbons (Fsp3) is 0.412. The van der Waals surface area contributed by atoms with Crippen LogP contribution in [0.15, 0.2) is 36.7 Å². The smallest absolute Gasteiger partial charge is 0.134 e. The summed E-state index contributed by atoms with van der Waals surface area (Å²) in [5.74, 6) is 3.98. The SMILES string of the molecule is Cc1cccc(C(O)CNc2cc(N3CCSCC3)ncn2)c1. The fourth-order valence-electron chi connectivity index (χ4n) is 2.61. The summed E-state index contributed by atoms with van der Waals surface area (Å²) in [6.07, 6.45) is 1.03. The second-order valence-corrected chi connectivity index (χ2v) is 6.90. The molecule has 1 fully saturated rings. The number of aliphatic hydroxyl groups excluding tert-OH is 1. The molecule has 0 radical (unpaired) electrons. The summed E-state index contributed by atoms with van der Waals surface area (Å²) in [4.78, 5) is 10.9.